The van der Waals surface area contributed by atoms with Crippen molar-refractivity contribution in [2.75, 3.05) is 31.3 Å². The number of amidine groups is 1. The molecule has 52 heavy (non-hydrogen) atoms. The Morgan fingerprint density at radius 1 is 0.962 bits per heavy atom. The van der Waals surface area contributed by atoms with Crippen LogP contribution in [-0.2, 0) is 47.8 Å². The number of fused-ring (bicyclic) bond motifs is 2. The van der Waals surface area contributed by atoms with Gasteiger partial charge in [0.2, 0.25) is 17.7 Å². The molecule has 2 fully saturated rings. The van der Waals surface area contributed by atoms with Gasteiger partial charge in [-0.15, -0.1) is 23.5 Å². The molecule has 4 aliphatic heterocycles. The number of carbonyl (C=O) groups is 8. The van der Waals surface area contributed by atoms with Crippen molar-refractivity contribution in [1.82, 2.24) is 25.3 Å². The van der Waals surface area contributed by atoms with Crippen molar-refractivity contribution in [1.29, 1.82) is 0 Å². The van der Waals surface area contributed by atoms with Crippen LogP contribution in [0.15, 0.2) is 27.2 Å². The van der Waals surface area contributed by atoms with Crippen LogP contribution in [0, 0.1) is 0 Å². The maximum Gasteiger partial charge on any atom is 0.352 e. The number of rotatable bonds is 14. The van der Waals surface area contributed by atoms with Gasteiger partial charge in [-0.1, -0.05) is 11.8 Å². The van der Waals surface area contributed by atoms with Gasteiger partial charge in [-0.05, 0) is 33.1 Å². The zero-order valence-corrected chi connectivity index (χ0v) is 31.6. The Morgan fingerprint density at radius 3 is 2.15 bits per heavy atom. The SMILES string of the molecule is CC(=O)OCC1=CS[C@@H]2[C@H](NC(=O)CSC(=NC(C)C)N(CC(=O)N[C@@H]3C(=O)N4C(C(=O)O)=C(COC(C)=O)CS[C@H]34)C(C)C)C(=O)N2C1C(=O)O. The number of ether oxygens (including phenoxy) is 2. The first-order valence-corrected chi connectivity index (χ1v) is 19.0. The highest BCUT2D eigenvalue weighted by Crippen LogP contribution is 2.41. The number of carboxylic acids is 2. The molecule has 2 saturated heterocycles. The summed E-state index contributed by atoms with van der Waals surface area (Å²) in [5.41, 5.74) is 0.228. The molecule has 0 radical (unpaired) electrons. The largest absolute Gasteiger partial charge is 0.479 e. The van der Waals surface area contributed by atoms with Crippen LogP contribution in [-0.4, -0.2) is 150 Å². The van der Waals surface area contributed by atoms with Gasteiger partial charge in [0.1, 0.15) is 41.7 Å². The van der Waals surface area contributed by atoms with Crippen molar-refractivity contribution < 1.29 is 58.0 Å². The number of thioether (sulfide) groups is 3. The molecule has 284 valence electrons. The molecule has 21 heteroatoms. The van der Waals surface area contributed by atoms with Gasteiger partial charge < -0.3 is 40.1 Å². The van der Waals surface area contributed by atoms with E-state index in [0.717, 1.165) is 33.3 Å². The third-order valence-corrected chi connectivity index (χ3v) is 11.5. The molecule has 18 nitrogen and oxygen atoms in total. The van der Waals surface area contributed by atoms with Crippen LogP contribution < -0.4 is 10.6 Å². The summed E-state index contributed by atoms with van der Waals surface area (Å²) in [5, 5.41) is 25.5. The predicted molar refractivity (Wildman–Crippen MR) is 189 cm³/mol. The quantitative estimate of drug-likeness (QED) is 0.0772. The number of hydrogen-bond donors (Lipinski definition) is 4. The molecular formula is C31H40N6O12S3. The summed E-state index contributed by atoms with van der Waals surface area (Å²) in [4.78, 5) is 108. The molecule has 0 aromatic carbocycles. The Labute approximate surface area is 311 Å². The van der Waals surface area contributed by atoms with Crippen molar-refractivity contribution in [3.63, 3.8) is 0 Å². The van der Waals surface area contributed by atoms with Crippen LogP contribution in [0.3, 0.4) is 0 Å². The monoisotopic (exact) mass is 784 g/mol. The molecule has 1 unspecified atom stereocenters. The third-order valence-electron chi connectivity index (χ3n) is 7.96. The van der Waals surface area contributed by atoms with Crippen LogP contribution in [0.4, 0.5) is 0 Å². The van der Waals surface area contributed by atoms with Gasteiger partial charge in [0.15, 0.2) is 11.2 Å². The summed E-state index contributed by atoms with van der Waals surface area (Å²) < 4.78 is 9.89. The molecule has 0 aliphatic carbocycles. The molecule has 0 spiro atoms. The number of hydrogen-bond acceptors (Lipinski definition) is 14. The number of carboxylic acid groups (broad SMARTS) is 2. The Kier molecular flexibility index (Phi) is 13.3. The summed E-state index contributed by atoms with van der Waals surface area (Å²) in [6.07, 6.45) is 0. The summed E-state index contributed by atoms with van der Waals surface area (Å²) >= 11 is 3.40. The zero-order valence-electron chi connectivity index (χ0n) is 29.1. The Hall–Kier alpha value is -4.24. The topological polar surface area (TPSA) is 242 Å². The van der Waals surface area contributed by atoms with Gasteiger partial charge in [0, 0.05) is 42.8 Å². The van der Waals surface area contributed by atoms with Gasteiger partial charge in [-0.2, -0.15) is 0 Å². The average molecular weight is 785 g/mol. The van der Waals surface area contributed by atoms with Crippen LogP contribution >= 0.6 is 35.3 Å². The van der Waals surface area contributed by atoms with Gasteiger partial charge in [0.05, 0.1) is 12.3 Å². The Bertz CT molecular complexity index is 1630. The van der Waals surface area contributed by atoms with E-state index in [1.807, 2.05) is 27.7 Å². The van der Waals surface area contributed by atoms with E-state index in [1.54, 1.807) is 4.90 Å². The summed E-state index contributed by atoms with van der Waals surface area (Å²) in [5.74, 6) is -6.14. The molecule has 0 bridgehead atoms. The van der Waals surface area contributed by atoms with Crippen LogP contribution in [0.25, 0.3) is 0 Å². The van der Waals surface area contributed by atoms with Crippen molar-refractivity contribution in [2.45, 2.75) is 82.5 Å². The highest BCUT2D eigenvalue weighted by molar-refractivity contribution is 8.14. The van der Waals surface area contributed by atoms with Crippen molar-refractivity contribution in [3.05, 3.63) is 22.3 Å². The Morgan fingerprint density at radius 2 is 1.58 bits per heavy atom. The first-order valence-electron chi connectivity index (χ1n) is 16.0. The summed E-state index contributed by atoms with van der Waals surface area (Å²) in [7, 11) is 0. The lowest BCUT2D eigenvalue weighted by atomic mass is 9.98. The second-order valence-electron chi connectivity index (χ2n) is 12.5. The molecule has 0 saturated carbocycles. The minimum atomic E-state index is -1.35. The van der Waals surface area contributed by atoms with Crippen LogP contribution in [0.5, 0.6) is 0 Å². The number of aliphatic imine (C=N–C) groups is 1. The van der Waals surface area contributed by atoms with E-state index >= 15 is 0 Å². The number of β-lactam (4-membered cyclic amide) rings is 2. The number of aliphatic carboxylic acids is 2. The number of esters is 2. The molecule has 4 aliphatic rings. The molecule has 4 rings (SSSR count). The van der Waals surface area contributed by atoms with E-state index in [0.29, 0.717) is 5.17 Å². The highest BCUT2D eigenvalue weighted by atomic mass is 32.2. The number of nitrogens with one attached hydrogen (secondary N) is 2. The fourth-order valence-electron chi connectivity index (χ4n) is 5.60. The first-order chi connectivity index (χ1) is 24.4. The van der Waals surface area contributed by atoms with E-state index in [2.05, 4.69) is 15.6 Å². The van der Waals surface area contributed by atoms with Crippen molar-refractivity contribution >= 4 is 88.0 Å². The minimum Gasteiger partial charge on any atom is -0.479 e. The standard InChI is InChI=1S/C31H40N6O12S3/c1-13(2)32-31(52-12-20(41)34-22-26(43)37-24(30(46)47)18(9-49-16(6)39)11-51-28(22)37)35(14(3)4)7-19(40)33-21-25(42)36-23(29(44)45)17(8-48-15(5)38)10-50-27(21)36/h11,13-14,21-22,24,27-28H,7-10,12H2,1-6H3,(H,33,40)(H,34,41)(H,44,45)(H,46,47)/t21-,22-,24?,27-,28-/m1/s1. The predicted octanol–water partition coefficient (Wildman–Crippen LogP) is -0.204. The van der Waals surface area contributed by atoms with Gasteiger partial charge in [-0.3, -0.25) is 38.7 Å². The van der Waals surface area contributed by atoms with Crippen molar-refractivity contribution in [2.24, 2.45) is 4.99 Å². The third kappa shape index (κ3) is 9.03. The maximum atomic E-state index is 13.3. The lowest BCUT2D eigenvalue weighted by Crippen LogP contribution is -2.74. The fourth-order valence-corrected chi connectivity index (χ4v) is 9.21. The average Bonchev–Trinajstić information content (AvgIpc) is 3.06. The van der Waals surface area contributed by atoms with E-state index in [9.17, 15) is 48.6 Å². The lowest BCUT2D eigenvalue weighted by molar-refractivity contribution is -0.160. The van der Waals surface area contributed by atoms with Gasteiger partial charge in [0.25, 0.3) is 5.91 Å². The normalized spacial score (nSPS) is 23.9. The summed E-state index contributed by atoms with van der Waals surface area (Å²) in [6, 6.07) is -3.85. The molecular weight excluding hydrogens is 745 g/mol. The van der Waals surface area contributed by atoms with Gasteiger partial charge >= 0.3 is 23.9 Å². The van der Waals surface area contributed by atoms with E-state index in [4.69, 9.17) is 9.47 Å². The second-order valence-corrected chi connectivity index (χ2v) is 15.6. The van der Waals surface area contributed by atoms with E-state index in [-0.39, 0.29) is 60.2 Å². The maximum absolute atomic E-state index is 13.3. The highest BCUT2D eigenvalue weighted by Gasteiger charge is 2.56. The molecule has 4 amide bonds. The molecule has 5 atom stereocenters. The first kappa shape index (κ1) is 40.5. The number of carbonyl (C=O) groups excluding carboxylic acids is 6. The minimum absolute atomic E-state index is 0.176. The summed E-state index contributed by atoms with van der Waals surface area (Å²) in [6.45, 7) is 8.83. The molecule has 0 aromatic heterocycles. The zero-order chi connectivity index (χ0) is 38.6. The van der Waals surface area contributed by atoms with Gasteiger partial charge in [-0.25, -0.2) is 9.59 Å². The lowest BCUT2D eigenvalue weighted by Gasteiger charge is -2.51. The smallest absolute Gasteiger partial charge is 0.352 e. The van der Waals surface area contributed by atoms with E-state index < -0.39 is 76.4 Å². The second kappa shape index (κ2) is 17.1. The number of nitrogens with zero attached hydrogens (tertiary/aromatic N) is 4. The molecule has 4 N–H and O–H groups in total. The van der Waals surface area contributed by atoms with Crippen LogP contribution in [0.1, 0.15) is 41.5 Å². The fraction of sp³-hybridized carbons (Fsp3) is 0.581. The molecule has 0 aromatic rings. The Balaban J connectivity index is 1.37. The van der Waals surface area contributed by atoms with Crippen LogP contribution in [0.2, 0.25) is 0 Å². The molecule has 4 heterocycles. The van der Waals surface area contributed by atoms with E-state index in [1.165, 1.54) is 31.0 Å². The van der Waals surface area contributed by atoms with Crippen molar-refractivity contribution in [3.8, 4) is 0 Å². The number of amides is 4.